The minimum Gasteiger partial charge on any atom is -0.393 e. The Morgan fingerprint density at radius 2 is 2.36 bits per heavy atom. The molecule has 0 bridgehead atoms. The van der Waals surface area contributed by atoms with Crippen LogP contribution in [-0.4, -0.2) is 22.1 Å². The van der Waals surface area contributed by atoms with Gasteiger partial charge in [-0.3, -0.25) is 9.78 Å². The Morgan fingerprint density at radius 3 is 3.07 bits per heavy atom. The number of aliphatic hydroxyl groups excluding tert-OH is 1. The zero-order chi connectivity index (χ0) is 9.76. The van der Waals surface area contributed by atoms with Gasteiger partial charge in [-0.15, -0.1) is 0 Å². The third kappa shape index (κ3) is 0.767. The Morgan fingerprint density at radius 1 is 1.57 bits per heavy atom. The van der Waals surface area contributed by atoms with Gasteiger partial charge in [0, 0.05) is 6.20 Å². The fourth-order valence-corrected chi connectivity index (χ4v) is 2.43. The van der Waals surface area contributed by atoms with E-state index in [1.54, 1.807) is 12.4 Å². The molecule has 3 rings (SSSR count). The minimum atomic E-state index is -0.461. The fourth-order valence-electron chi connectivity index (χ4n) is 2.43. The van der Waals surface area contributed by atoms with Crippen LogP contribution < -0.4 is 5.32 Å². The van der Waals surface area contributed by atoms with Crippen LogP contribution >= 0.6 is 0 Å². The first-order valence-electron chi connectivity index (χ1n) is 4.66. The van der Waals surface area contributed by atoms with Crippen molar-refractivity contribution in [1.29, 1.82) is 0 Å². The second kappa shape index (κ2) is 2.33. The number of anilines is 1. The van der Waals surface area contributed by atoms with Crippen molar-refractivity contribution in [2.75, 3.05) is 5.32 Å². The van der Waals surface area contributed by atoms with Gasteiger partial charge in [0.05, 0.1) is 23.4 Å². The van der Waals surface area contributed by atoms with E-state index in [0.29, 0.717) is 12.8 Å². The Balaban J connectivity index is 2.12. The highest BCUT2D eigenvalue weighted by atomic mass is 16.3. The predicted molar refractivity (Wildman–Crippen MR) is 49.8 cm³/mol. The van der Waals surface area contributed by atoms with E-state index in [9.17, 15) is 9.90 Å². The van der Waals surface area contributed by atoms with E-state index in [0.717, 1.165) is 11.3 Å². The summed E-state index contributed by atoms with van der Waals surface area (Å²) in [6.07, 6.45) is 4.09. The number of rotatable bonds is 0. The number of hydrogen-bond donors (Lipinski definition) is 2. The van der Waals surface area contributed by atoms with Gasteiger partial charge in [0.2, 0.25) is 5.91 Å². The molecule has 1 amide bonds. The maximum Gasteiger partial charge on any atom is 0.235 e. The van der Waals surface area contributed by atoms with Gasteiger partial charge < -0.3 is 10.4 Å². The third-order valence-corrected chi connectivity index (χ3v) is 3.19. The average molecular weight is 190 g/mol. The van der Waals surface area contributed by atoms with E-state index < -0.39 is 5.41 Å². The summed E-state index contributed by atoms with van der Waals surface area (Å²) in [5.41, 5.74) is 1.32. The standard InChI is InChI=1S/C10H10N2O2/c13-6-3-10(4-6)7-1-2-11-5-8(7)12-9(10)14/h1-2,5-6,13H,3-4H2,(H,12,14). The maximum absolute atomic E-state index is 11.7. The van der Waals surface area contributed by atoms with Crippen LogP contribution in [0, 0.1) is 0 Å². The normalized spacial score (nSPS) is 33.8. The Labute approximate surface area is 81.0 Å². The van der Waals surface area contributed by atoms with Gasteiger partial charge >= 0.3 is 0 Å². The Kier molecular flexibility index (Phi) is 1.32. The summed E-state index contributed by atoms with van der Waals surface area (Å²) >= 11 is 0. The molecule has 2 N–H and O–H groups in total. The van der Waals surface area contributed by atoms with E-state index in [2.05, 4.69) is 10.3 Å². The number of aliphatic hydroxyl groups is 1. The molecule has 1 aliphatic carbocycles. The smallest absolute Gasteiger partial charge is 0.235 e. The molecule has 1 saturated carbocycles. The number of carbonyl (C=O) groups excluding carboxylic acids is 1. The fraction of sp³-hybridized carbons (Fsp3) is 0.400. The number of nitrogens with one attached hydrogen (secondary N) is 1. The summed E-state index contributed by atoms with van der Waals surface area (Å²) in [6.45, 7) is 0. The molecular formula is C10H10N2O2. The number of aromatic nitrogens is 1. The van der Waals surface area contributed by atoms with E-state index in [1.165, 1.54) is 0 Å². The van der Waals surface area contributed by atoms with Crippen LogP contribution in [0.25, 0.3) is 0 Å². The Hall–Kier alpha value is -1.42. The lowest BCUT2D eigenvalue weighted by Crippen LogP contribution is -2.49. The molecule has 1 aliphatic heterocycles. The quantitative estimate of drug-likeness (QED) is 0.623. The molecule has 0 saturated heterocycles. The van der Waals surface area contributed by atoms with Crippen molar-refractivity contribution in [3.05, 3.63) is 24.0 Å². The van der Waals surface area contributed by atoms with Crippen molar-refractivity contribution in [3.8, 4) is 0 Å². The third-order valence-electron chi connectivity index (χ3n) is 3.19. The van der Waals surface area contributed by atoms with Gasteiger partial charge in [0.25, 0.3) is 0 Å². The highest BCUT2D eigenvalue weighted by molar-refractivity contribution is 6.06. The lowest BCUT2D eigenvalue weighted by molar-refractivity contribution is -0.128. The van der Waals surface area contributed by atoms with Crippen LogP contribution in [0.1, 0.15) is 18.4 Å². The molecule has 4 heteroatoms. The first-order chi connectivity index (χ1) is 6.72. The molecule has 0 unspecified atom stereocenters. The number of pyridine rings is 1. The van der Waals surface area contributed by atoms with Gasteiger partial charge in [-0.2, -0.15) is 0 Å². The highest BCUT2D eigenvalue weighted by Gasteiger charge is 2.55. The SMILES string of the molecule is O=C1Nc2cnccc2C12CC(O)C2. The number of carbonyl (C=O) groups is 1. The van der Waals surface area contributed by atoms with Crippen LogP contribution in [0.15, 0.2) is 18.5 Å². The zero-order valence-corrected chi connectivity index (χ0v) is 7.53. The average Bonchev–Trinajstić information content (AvgIpc) is 2.40. The molecular weight excluding hydrogens is 180 g/mol. The highest BCUT2D eigenvalue weighted by Crippen LogP contribution is 2.50. The molecule has 0 aromatic carbocycles. The van der Waals surface area contributed by atoms with Crippen molar-refractivity contribution in [2.45, 2.75) is 24.4 Å². The van der Waals surface area contributed by atoms with Crippen LogP contribution in [0.3, 0.4) is 0 Å². The molecule has 4 nitrogen and oxygen atoms in total. The predicted octanol–water partition coefficient (Wildman–Crippen LogP) is 0.426. The Bertz CT molecular complexity index is 410. The van der Waals surface area contributed by atoms with Gasteiger partial charge in [-0.1, -0.05) is 0 Å². The minimum absolute atomic E-state index is 0.00537. The van der Waals surface area contributed by atoms with E-state index in [4.69, 9.17) is 0 Å². The number of fused-ring (bicyclic) bond motifs is 2. The largest absolute Gasteiger partial charge is 0.393 e. The zero-order valence-electron chi connectivity index (χ0n) is 7.53. The van der Waals surface area contributed by atoms with Crippen molar-refractivity contribution in [2.24, 2.45) is 0 Å². The molecule has 14 heavy (non-hydrogen) atoms. The van der Waals surface area contributed by atoms with Crippen molar-refractivity contribution in [3.63, 3.8) is 0 Å². The molecule has 1 aromatic heterocycles. The second-order valence-corrected chi connectivity index (χ2v) is 4.02. The van der Waals surface area contributed by atoms with E-state index in [-0.39, 0.29) is 12.0 Å². The van der Waals surface area contributed by atoms with E-state index >= 15 is 0 Å². The molecule has 0 atom stereocenters. The van der Waals surface area contributed by atoms with Crippen LogP contribution in [0.2, 0.25) is 0 Å². The summed E-state index contributed by atoms with van der Waals surface area (Å²) in [4.78, 5) is 15.7. The van der Waals surface area contributed by atoms with Crippen LogP contribution in [0.5, 0.6) is 0 Å². The summed E-state index contributed by atoms with van der Waals surface area (Å²) in [7, 11) is 0. The summed E-state index contributed by atoms with van der Waals surface area (Å²) in [5, 5.41) is 12.1. The summed E-state index contributed by atoms with van der Waals surface area (Å²) < 4.78 is 0. The summed E-state index contributed by atoms with van der Waals surface area (Å²) in [5.74, 6) is 0.00537. The lowest BCUT2D eigenvalue weighted by Gasteiger charge is -2.40. The first-order valence-corrected chi connectivity index (χ1v) is 4.66. The molecule has 0 radical (unpaired) electrons. The molecule has 1 spiro atoms. The van der Waals surface area contributed by atoms with Crippen LogP contribution in [-0.2, 0) is 10.2 Å². The van der Waals surface area contributed by atoms with Crippen molar-refractivity contribution < 1.29 is 9.90 Å². The monoisotopic (exact) mass is 190 g/mol. The molecule has 2 heterocycles. The molecule has 2 aliphatic rings. The van der Waals surface area contributed by atoms with Gasteiger partial charge in [0.15, 0.2) is 0 Å². The van der Waals surface area contributed by atoms with Gasteiger partial charge in [-0.05, 0) is 24.5 Å². The topological polar surface area (TPSA) is 62.2 Å². The second-order valence-electron chi connectivity index (χ2n) is 4.02. The van der Waals surface area contributed by atoms with Crippen LogP contribution in [0.4, 0.5) is 5.69 Å². The van der Waals surface area contributed by atoms with E-state index in [1.807, 2.05) is 6.07 Å². The molecule has 72 valence electrons. The number of nitrogens with zero attached hydrogens (tertiary/aromatic N) is 1. The lowest BCUT2D eigenvalue weighted by atomic mass is 9.63. The molecule has 1 fully saturated rings. The number of hydrogen-bond acceptors (Lipinski definition) is 3. The van der Waals surface area contributed by atoms with Gasteiger partial charge in [-0.25, -0.2) is 0 Å². The maximum atomic E-state index is 11.7. The van der Waals surface area contributed by atoms with Crippen molar-refractivity contribution >= 4 is 11.6 Å². The summed E-state index contributed by atoms with van der Waals surface area (Å²) in [6, 6.07) is 1.86. The first kappa shape index (κ1) is 7.94. The van der Waals surface area contributed by atoms with Gasteiger partial charge in [0.1, 0.15) is 0 Å². The number of amides is 1. The molecule has 1 aromatic rings. The van der Waals surface area contributed by atoms with Crippen molar-refractivity contribution in [1.82, 2.24) is 4.98 Å².